The van der Waals surface area contributed by atoms with Gasteiger partial charge in [0.25, 0.3) is 0 Å². The zero-order valence-electron chi connectivity index (χ0n) is 15.7. The van der Waals surface area contributed by atoms with E-state index in [9.17, 15) is 4.79 Å². The summed E-state index contributed by atoms with van der Waals surface area (Å²) in [7, 11) is 1.65. The Kier molecular flexibility index (Phi) is 5.50. The molecule has 0 aliphatic heterocycles. The van der Waals surface area contributed by atoms with E-state index in [0.29, 0.717) is 6.54 Å². The molecular formula is C20H20N4O2S2. The molecule has 0 saturated heterocycles. The van der Waals surface area contributed by atoms with Gasteiger partial charge in [-0.25, -0.2) is 0 Å². The maximum atomic E-state index is 12.6. The molecule has 0 radical (unpaired) electrons. The molecular weight excluding hydrogens is 392 g/mol. The smallest absolute Gasteiger partial charge is 0.308 e. The van der Waals surface area contributed by atoms with Gasteiger partial charge in [0.2, 0.25) is 0 Å². The third-order valence-corrected chi connectivity index (χ3v) is 6.43. The van der Waals surface area contributed by atoms with Gasteiger partial charge < -0.3 is 4.74 Å². The number of methoxy groups -OCH3 is 1. The van der Waals surface area contributed by atoms with E-state index >= 15 is 0 Å². The number of nitrogens with zero attached hydrogens (tertiary/aromatic N) is 4. The second-order valence-electron chi connectivity index (χ2n) is 6.20. The van der Waals surface area contributed by atoms with Crippen LogP contribution in [0.3, 0.4) is 0 Å². The summed E-state index contributed by atoms with van der Waals surface area (Å²) in [5.74, 6) is 2.48. The number of aromatic nitrogens is 4. The quantitative estimate of drug-likeness (QED) is 0.426. The lowest BCUT2D eigenvalue weighted by molar-refractivity contribution is 0.414. The van der Waals surface area contributed by atoms with Crippen LogP contribution in [0.25, 0.3) is 15.9 Å². The number of benzene rings is 2. The van der Waals surface area contributed by atoms with Crippen molar-refractivity contribution in [2.75, 3.05) is 12.9 Å². The molecule has 0 fully saturated rings. The molecule has 4 aromatic rings. The highest BCUT2D eigenvalue weighted by atomic mass is 32.2. The number of para-hydroxylation sites is 1. The van der Waals surface area contributed by atoms with Crippen LogP contribution in [0.4, 0.5) is 0 Å². The fourth-order valence-electron chi connectivity index (χ4n) is 2.99. The van der Waals surface area contributed by atoms with E-state index in [1.165, 1.54) is 11.3 Å². The van der Waals surface area contributed by atoms with Gasteiger partial charge in [-0.2, -0.15) is 0 Å². The van der Waals surface area contributed by atoms with Crippen LogP contribution in [0.2, 0.25) is 0 Å². The number of rotatable bonds is 7. The summed E-state index contributed by atoms with van der Waals surface area (Å²) in [5.41, 5.74) is 1.87. The topological polar surface area (TPSA) is 61.9 Å². The maximum Gasteiger partial charge on any atom is 0.308 e. The molecule has 0 aliphatic rings. The predicted molar refractivity (Wildman–Crippen MR) is 114 cm³/mol. The minimum Gasteiger partial charge on any atom is -0.497 e. The van der Waals surface area contributed by atoms with Crippen molar-refractivity contribution in [2.45, 2.75) is 25.0 Å². The van der Waals surface area contributed by atoms with Gasteiger partial charge in [-0.05, 0) is 42.8 Å². The van der Waals surface area contributed by atoms with E-state index in [-0.39, 0.29) is 4.87 Å². The lowest BCUT2D eigenvalue weighted by Crippen LogP contribution is -2.16. The number of hydrogen-bond donors (Lipinski definition) is 0. The fourth-order valence-corrected chi connectivity index (χ4v) is 4.70. The Balaban J connectivity index is 1.78. The van der Waals surface area contributed by atoms with Gasteiger partial charge in [-0.15, -0.1) is 10.2 Å². The summed E-state index contributed by atoms with van der Waals surface area (Å²) in [5, 5.41) is 9.64. The minimum atomic E-state index is 0.00763. The van der Waals surface area contributed by atoms with E-state index in [0.717, 1.165) is 44.8 Å². The predicted octanol–water partition coefficient (Wildman–Crippen LogP) is 4.20. The molecule has 0 N–H and O–H groups in total. The first-order chi connectivity index (χ1) is 13.7. The van der Waals surface area contributed by atoms with Crippen LogP contribution in [0.1, 0.15) is 19.2 Å². The Hall–Kier alpha value is -2.58. The first-order valence-corrected chi connectivity index (χ1v) is 10.8. The largest absolute Gasteiger partial charge is 0.497 e. The molecule has 8 heteroatoms. The van der Waals surface area contributed by atoms with Crippen LogP contribution in [0.15, 0.2) is 58.5 Å². The van der Waals surface area contributed by atoms with Gasteiger partial charge in [0.1, 0.15) is 5.75 Å². The van der Waals surface area contributed by atoms with Gasteiger partial charge in [-0.1, -0.05) is 42.2 Å². The van der Waals surface area contributed by atoms with Crippen molar-refractivity contribution in [3.63, 3.8) is 0 Å². The zero-order valence-corrected chi connectivity index (χ0v) is 17.3. The molecule has 0 saturated carbocycles. The molecule has 28 heavy (non-hydrogen) atoms. The van der Waals surface area contributed by atoms with E-state index in [2.05, 4.69) is 17.1 Å². The van der Waals surface area contributed by atoms with Crippen molar-refractivity contribution >= 4 is 33.3 Å². The van der Waals surface area contributed by atoms with Gasteiger partial charge in [0, 0.05) is 11.4 Å². The summed E-state index contributed by atoms with van der Waals surface area (Å²) < 4.78 is 10.0. The first kappa shape index (κ1) is 18.8. The Bertz CT molecular complexity index is 1150. The maximum absolute atomic E-state index is 12.6. The molecule has 2 heterocycles. The lowest BCUT2D eigenvalue weighted by atomic mass is 10.3. The molecule has 0 unspecified atom stereocenters. The van der Waals surface area contributed by atoms with Gasteiger partial charge in [-0.3, -0.25) is 13.9 Å². The zero-order chi connectivity index (χ0) is 19.5. The number of ether oxygens (including phenoxy) is 1. The fraction of sp³-hybridized carbons (Fsp3) is 0.250. The Labute approximate surface area is 170 Å². The van der Waals surface area contributed by atoms with Crippen molar-refractivity contribution < 1.29 is 4.74 Å². The first-order valence-electron chi connectivity index (χ1n) is 9.01. The molecule has 6 nitrogen and oxygen atoms in total. The second-order valence-corrected chi connectivity index (χ2v) is 8.26. The van der Waals surface area contributed by atoms with Crippen LogP contribution < -0.4 is 9.61 Å². The van der Waals surface area contributed by atoms with Crippen LogP contribution in [0, 0.1) is 0 Å². The minimum absolute atomic E-state index is 0.00763. The number of thiazole rings is 1. The van der Waals surface area contributed by atoms with Crippen LogP contribution in [-0.4, -0.2) is 32.2 Å². The molecule has 4 rings (SSSR count). The average molecular weight is 413 g/mol. The van der Waals surface area contributed by atoms with E-state index in [1.54, 1.807) is 23.4 Å². The average Bonchev–Trinajstić information content (AvgIpc) is 3.27. The molecule has 0 atom stereocenters. The van der Waals surface area contributed by atoms with Gasteiger partial charge in [0.05, 0.1) is 23.9 Å². The third-order valence-electron chi connectivity index (χ3n) is 4.34. The number of fused-ring (bicyclic) bond motifs is 1. The highest BCUT2D eigenvalue weighted by Gasteiger charge is 2.17. The normalized spacial score (nSPS) is 11.2. The van der Waals surface area contributed by atoms with E-state index < -0.39 is 0 Å². The highest BCUT2D eigenvalue weighted by molar-refractivity contribution is 7.99. The van der Waals surface area contributed by atoms with Crippen molar-refractivity contribution in [1.29, 1.82) is 0 Å². The molecule has 0 amide bonds. The molecule has 2 aromatic heterocycles. The summed E-state index contributed by atoms with van der Waals surface area (Å²) in [4.78, 5) is 12.6. The SMILES string of the molecule is CCCSc1nnc(Cn2c(=O)sc3ccccc32)n1-c1ccc(OC)cc1. The van der Waals surface area contributed by atoms with Crippen LogP contribution in [0.5, 0.6) is 5.75 Å². The molecule has 0 spiro atoms. The van der Waals surface area contributed by atoms with Crippen molar-refractivity contribution in [3.8, 4) is 11.4 Å². The third kappa shape index (κ3) is 3.57. The van der Waals surface area contributed by atoms with E-state index in [1.807, 2.05) is 53.1 Å². The monoisotopic (exact) mass is 412 g/mol. The standard InChI is InChI=1S/C20H20N4O2S2/c1-3-12-27-19-22-21-18(24(19)14-8-10-15(26-2)11-9-14)13-23-16-6-4-5-7-17(16)28-20(23)25/h4-11H,3,12-13H2,1-2H3. The molecule has 0 bridgehead atoms. The molecule has 2 aromatic carbocycles. The van der Waals surface area contributed by atoms with Crippen molar-refractivity contribution in [1.82, 2.24) is 19.3 Å². The highest BCUT2D eigenvalue weighted by Crippen LogP contribution is 2.25. The Morgan fingerprint density at radius 1 is 1.11 bits per heavy atom. The number of thioether (sulfide) groups is 1. The van der Waals surface area contributed by atoms with Gasteiger partial charge in [0.15, 0.2) is 11.0 Å². The molecule has 0 aliphatic carbocycles. The van der Waals surface area contributed by atoms with Crippen LogP contribution >= 0.6 is 23.1 Å². The summed E-state index contributed by atoms with van der Waals surface area (Å²) in [6, 6.07) is 15.6. The summed E-state index contributed by atoms with van der Waals surface area (Å²) >= 11 is 2.92. The number of hydrogen-bond acceptors (Lipinski definition) is 6. The van der Waals surface area contributed by atoms with Crippen LogP contribution in [-0.2, 0) is 6.54 Å². The molecule has 144 valence electrons. The van der Waals surface area contributed by atoms with E-state index in [4.69, 9.17) is 4.74 Å². The summed E-state index contributed by atoms with van der Waals surface area (Å²) in [6.45, 7) is 2.51. The Morgan fingerprint density at radius 2 is 1.89 bits per heavy atom. The second kappa shape index (κ2) is 8.20. The lowest BCUT2D eigenvalue weighted by Gasteiger charge is -2.11. The van der Waals surface area contributed by atoms with Crippen molar-refractivity contribution in [2.24, 2.45) is 0 Å². The van der Waals surface area contributed by atoms with Gasteiger partial charge >= 0.3 is 4.87 Å². The summed E-state index contributed by atoms with van der Waals surface area (Å²) in [6.07, 6.45) is 1.05. The Morgan fingerprint density at radius 3 is 2.64 bits per heavy atom. The van der Waals surface area contributed by atoms with Crippen molar-refractivity contribution in [3.05, 3.63) is 64.0 Å².